The van der Waals surface area contributed by atoms with Crippen LogP contribution < -0.4 is 9.76 Å². The van der Waals surface area contributed by atoms with Gasteiger partial charge in [0.05, 0.1) is 13.1 Å². The van der Waals surface area contributed by atoms with Crippen molar-refractivity contribution >= 4 is 42.6 Å². The van der Waals surface area contributed by atoms with Crippen molar-refractivity contribution in [3.63, 3.8) is 0 Å². The average Bonchev–Trinajstić information content (AvgIpc) is 2.46. The van der Waals surface area contributed by atoms with Gasteiger partial charge >= 0.3 is 0 Å². The van der Waals surface area contributed by atoms with Crippen LogP contribution in [-0.4, -0.2) is 11.5 Å². The van der Waals surface area contributed by atoms with Crippen LogP contribution in [0.25, 0.3) is 0 Å². The first kappa shape index (κ1) is 10.2. The number of hydrogen-bond donors (Lipinski definition) is 1. The lowest BCUT2D eigenvalue weighted by Crippen LogP contribution is -2.14. The second-order valence-corrected chi connectivity index (χ2v) is 6.28. The van der Waals surface area contributed by atoms with Gasteiger partial charge < -0.3 is 12.2 Å². The van der Waals surface area contributed by atoms with E-state index in [0.29, 0.717) is 0 Å². The van der Waals surface area contributed by atoms with Crippen molar-refractivity contribution in [3.8, 4) is 0 Å². The quantitative estimate of drug-likeness (QED) is 0.461. The lowest BCUT2D eigenvalue weighted by atomic mass is 10.2. The summed E-state index contributed by atoms with van der Waals surface area (Å²) in [6, 6.07) is 8.27. The fraction of sp³-hybridized carbons (Fsp3) is 0.222. The van der Waals surface area contributed by atoms with E-state index in [0.717, 1.165) is 11.5 Å². The van der Waals surface area contributed by atoms with Crippen molar-refractivity contribution in [1.82, 2.24) is 5.09 Å². The molecular formula is C9H11N2PS2. The molecule has 1 heterocycles. The first-order valence-corrected chi connectivity index (χ1v) is 7.34. The third-order valence-electron chi connectivity index (χ3n) is 2.20. The molecule has 1 saturated heterocycles. The second-order valence-electron chi connectivity index (χ2n) is 3.23. The zero-order valence-corrected chi connectivity index (χ0v) is 10.4. The molecule has 0 radical (unpaired) electrons. The summed E-state index contributed by atoms with van der Waals surface area (Å²) >= 11 is 10.5. The summed E-state index contributed by atoms with van der Waals surface area (Å²) < 4.78 is 2.21. The molecular weight excluding hydrogens is 231 g/mol. The van der Waals surface area contributed by atoms with Crippen molar-refractivity contribution in [2.45, 2.75) is 6.92 Å². The van der Waals surface area contributed by atoms with Crippen LogP contribution in [0.5, 0.6) is 0 Å². The monoisotopic (exact) mass is 242 g/mol. The van der Waals surface area contributed by atoms with Crippen LogP contribution in [-0.2, 0) is 12.2 Å². The van der Waals surface area contributed by atoms with Gasteiger partial charge in [-0.3, -0.25) is 5.09 Å². The van der Waals surface area contributed by atoms with E-state index in [2.05, 4.69) is 28.8 Å². The van der Waals surface area contributed by atoms with E-state index in [4.69, 9.17) is 24.5 Å². The number of nitrogens with one attached hydrogen (secondary N) is 1. The van der Waals surface area contributed by atoms with E-state index in [1.165, 1.54) is 11.3 Å². The van der Waals surface area contributed by atoms with Gasteiger partial charge in [0.25, 0.3) is 0 Å². The van der Waals surface area contributed by atoms with Gasteiger partial charge in [0.1, 0.15) is 11.5 Å². The Labute approximate surface area is 95.7 Å². The van der Waals surface area contributed by atoms with Crippen LogP contribution in [0, 0.1) is 6.92 Å². The largest absolute Gasteiger partial charge is 0.510 e. The third-order valence-corrected chi connectivity index (χ3v) is 4.98. The molecule has 1 atom stereocenters. The number of benzene rings is 1. The number of hydrogen-bond acceptors (Lipinski definition) is 3. The molecule has 5 heteroatoms. The van der Waals surface area contributed by atoms with E-state index in [1.54, 1.807) is 0 Å². The number of rotatable bonds is 1. The van der Waals surface area contributed by atoms with Crippen LogP contribution in [0.2, 0.25) is 0 Å². The Hall–Kier alpha value is -0.310. The highest BCUT2D eigenvalue weighted by atomic mass is 32.7. The van der Waals surface area contributed by atoms with Gasteiger partial charge in [-0.1, -0.05) is 30.4 Å². The lowest BCUT2D eigenvalue weighted by molar-refractivity contribution is 1.25. The van der Waals surface area contributed by atoms with Gasteiger partial charge in [-0.05, 0) is 18.6 Å². The third kappa shape index (κ3) is 1.88. The Balaban J connectivity index is 2.32. The highest BCUT2D eigenvalue weighted by Crippen LogP contribution is 2.42. The Morgan fingerprint density at radius 3 is 2.79 bits per heavy atom. The molecule has 14 heavy (non-hydrogen) atoms. The molecule has 1 unspecified atom stereocenters. The number of anilines is 1. The standard InChI is InChI=1S/C9H11N2PS2/c1-7-4-2-3-5-8(7)11-6-9(13)10-12(11)14/h2-5,12H,6H2,1H3,(H,10,13). The summed E-state index contributed by atoms with van der Waals surface area (Å²) in [6.45, 7) is 2.87. The number of thiocarbonyl (C=S) groups is 1. The zero-order valence-electron chi connectivity index (χ0n) is 7.78. The minimum Gasteiger partial charge on any atom is -0.510 e. The van der Waals surface area contributed by atoms with E-state index >= 15 is 0 Å². The van der Waals surface area contributed by atoms with Crippen LogP contribution in [0.4, 0.5) is 5.69 Å². The Morgan fingerprint density at radius 1 is 1.50 bits per heavy atom. The molecule has 74 valence electrons. The molecule has 0 amide bonds. The van der Waals surface area contributed by atoms with Gasteiger partial charge in [0.2, 0.25) is 0 Å². The molecule has 0 aromatic heterocycles. The smallest absolute Gasteiger partial charge is 0.133 e. The summed E-state index contributed by atoms with van der Waals surface area (Å²) in [5.74, 6) is 0. The predicted octanol–water partition coefficient (Wildman–Crippen LogP) is 2.24. The van der Waals surface area contributed by atoms with E-state index in [9.17, 15) is 0 Å². The summed E-state index contributed by atoms with van der Waals surface area (Å²) in [6.07, 6.45) is 0. The zero-order chi connectivity index (χ0) is 10.1. The number of aryl methyl sites for hydroxylation is 1. The molecule has 1 aromatic carbocycles. The molecule has 2 rings (SSSR count). The Morgan fingerprint density at radius 2 is 2.21 bits per heavy atom. The highest BCUT2D eigenvalue weighted by Gasteiger charge is 2.26. The normalized spacial score (nSPS) is 21.1. The average molecular weight is 242 g/mol. The molecule has 0 spiro atoms. The van der Waals surface area contributed by atoms with Crippen molar-refractivity contribution < 1.29 is 0 Å². The maximum atomic E-state index is 5.37. The summed E-state index contributed by atoms with van der Waals surface area (Å²) in [4.78, 5) is 0.872. The number of para-hydroxylation sites is 1. The van der Waals surface area contributed by atoms with E-state index < -0.39 is 7.42 Å². The van der Waals surface area contributed by atoms with Crippen molar-refractivity contribution in [2.75, 3.05) is 11.2 Å². The Bertz CT molecular complexity index is 370. The number of nitrogens with zero attached hydrogens (tertiary/aromatic N) is 1. The maximum absolute atomic E-state index is 5.37. The molecule has 1 N–H and O–H groups in total. The van der Waals surface area contributed by atoms with Crippen LogP contribution >= 0.6 is 19.6 Å². The second kappa shape index (κ2) is 4.05. The van der Waals surface area contributed by atoms with Crippen LogP contribution in [0.1, 0.15) is 5.56 Å². The summed E-state index contributed by atoms with van der Waals surface area (Å²) in [5, 5.41) is 3.17. The minimum absolute atomic E-state index is 0.776. The van der Waals surface area contributed by atoms with Crippen LogP contribution in [0.15, 0.2) is 24.3 Å². The maximum Gasteiger partial charge on any atom is 0.133 e. The molecule has 0 saturated carbocycles. The van der Waals surface area contributed by atoms with E-state index in [-0.39, 0.29) is 0 Å². The van der Waals surface area contributed by atoms with Crippen molar-refractivity contribution in [1.29, 1.82) is 0 Å². The first-order chi connectivity index (χ1) is 6.68. The minimum atomic E-state index is -1.09. The topological polar surface area (TPSA) is 15.3 Å². The van der Waals surface area contributed by atoms with Gasteiger partial charge in [0.15, 0.2) is 0 Å². The van der Waals surface area contributed by atoms with Gasteiger partial charge in [0, 0.05) is 0 Å². The van der Waals surface area contributed by atoms with Gasteiger partial charge in [-0.25, -0.2) is 4.67 Å². The molecule has 2 nitrogen and oxygen atoms in total. The van der Waals surface area contributed by atoms with Gasteiger partial charge in [-0.15, -0.1) is 0 Å². The summed E-state index contributed by atoms with van der Waals surface area (Å²) in [7, 11) is -1.09. The Kier molecular flexibility index (Phi) is 2.96. The molecule has 1 aliphatic heterocycles. The molecule has 1 aliphatic rings. The predicted molar refractivity (Wildman–Crippen MR) is 69.9 cm³/mol. The fourth-order valence-corrected chi connectivity index (χ4v) is 4.31. The lowest BCUT2D eigenvalue weighted by Gasteiger charge is -2.22. The first-order valence-electron chi connectivity index (χ1n) is 4.35. The van der Waals surface area contributed by atoms with Crippen molar-refractivity contribution in [2.24, 2.45) is 0 Å². The molecule has 1 fully saturated rings. The summed E-state index contributed by atoms with van der Waals surface area (Å²) in [5.41, 5.74) is 2.47. The molecule has 0 aliphatic carbocycles. The fourth-order valence-electron chi connectivity index (χ4n) is 1.50. The van der Waals surface area contributed by atoms with Gasteiger partial charge in [-0.2, -0.15) is 0 Å². The molecule has 0 bridgehead atoms. The molecule has 1 aromatic rings. The van der Waals surface area contributed by atoms with Crippen LogP contribution in [0.3, 0.4) is 0 Å². The van der Waals surface area contributed by atoms with Crippen molar-refractivity contribution in [3.05, 3.63) is 29.8 Å². The highest BCUT2D eigenvalue weighted by molar-refractivity contribution is 8.33. The van der Waals surface area contributed by atoms with E-state index in [1.807, 2.05) is 12.1 Å². The SMILES string of the molecule is Cc1ccccc1N1CC(=S)N[PH+]1[S-].